The molecule has 4 heteroatoms. The lowest BCUT2D eigenvalue weighted by molar-refractivity contribution is 0.209. The van der Waals surface area contributed by atoms with Gasteiger partial charge >= 0.3 is 6.03 Å². The number of rotatable bonds is 6. The lowest BCUT2D eigenvalue weighted by Gasteiger charge is -2.22. The molecule has 1 saturated carbocycles. The smallest absolute Gasteiger partial charge is 0.321 e. The molecule has 0 bridgehead atoms. The normalized spacial score (nSPS) is 14.2. The summed E-state index contributed by atoms with van der Waals surface area (Å²) in [5, 5.41) is 2.97. The van der Waals surface area contributed by atoms with Crippen LogP contribution in [0.5, 0.6) is 0 Å². The van der Waals surface area contributed by atoms with E-state index in [1.54, 1.807) is 0 Å². The van der Waals surface area contributed by atoms with Crippen molar-refractivity contribution in [1.29, 1.82) is 0 Å². The number of nitrogens with two attached hydrogens (primary N) is 1. The molecule has 0 aromatic heterocycles. The van der Waals surface area contributed by atoms with Gasteiger partial charge in [-0.2, -0.15) is 0 Å². The number of carbonyl (C=O) groups is 1. The van der Waals surface area contributed by atoms with Crippen LogP contribution in [0.25, 0.3) is 0 Å². The van der Waals surface area contributed by atoms with Gasteiger partial charge in [0.25, 0.3) is 0 Å². The minimum atomic E-state index is 0.00271. The molecule has 1 aliphatic rings. The van der Waals surface area contributed by atoms with Crippen molar-refractivity contribution in [2.75, 3.05) is 18.4 Å². The van der Waals surface area contributed by atoms with Crippen LogP contribution < -0.4 is 11.1 Å². The lowest BCUT2D eigenvalue weighted by Crippen LogP contribution is -2.37. The molecular weight excluding hydrogens is 238 g/mol. The van der Waals surface area contributed by atoms with Gasteiger partial charge < -0.3 is 16.0 Å². The third-order valence-corrected chi connectivity index (χ3v) is 3.37. The molecule has 0 atom stereocenters. The predicted octanol–water partition coefficient (Wildman–Crippen LogP) is 2.80. The molecule has 1 aromatic rings. The Morgan fingerprint density at radius 3 is 2.89 bits per heavy atom. The van der Waals surface area contributed by atoms with Crippen molar-refractivity contribution in [3.8, 4) is 0 Å². The van der Waals surface area contributed by atoms with Gasteiger partial charge in [-0.05, 0) is 42.9 Å². The summed E-state index contributed by atoms with van der Waals surface area (Å²) in [5.41, 5.74) is 7.46. The number of anilines is 1. The van der Waals surface area contributed by atoms with Gasteiger partial charge in [-0.15, -0.1) is 0 Å². The molecule has 0 saturated heterocycles. The highest BCUT2D eigenvalue weighted by molar-refractivity contribution is 5.89. The highest BCUT2D eigenvalue weighted by Gasteiger charge is 2.26. The molecule has 1 fully saturated rings. The van der Waals surface area contributed by atoms with Gasteiger partial charge in [-0.3, -0.25) is 0 Å². The summed E-state index contributed by atoms with van der Waals surface area (Å²) in [6, 6.07) is 7.71. The second-order valence-corrected chi connectivity index (χ2v) is 5.22. The number of hydrogen-bond donors (Lipinski definition) is 2. The molecule has 4 nitrogen and oxygen atoms in total. The first kappa shape index (κ1) is 13.9. The van der Waals surface area contributed by atoms with Crippen molar-refractivity contribution in [3.05, 3.63) is 29.8 Å². The summed E-state index contributed by atoms with van der Waals surface area (Å²) < 4.78 is 0. The molecule has 0 spiro atoms. The maximum atomic E-state index is 12.2. The Kier molecular flexibility index (Phi) is 4.80. The number of carbonyl (C=O) groups excluding carboxylic acids is 1. The van der Waals surface area contributed by atoms with E-state index in [4.69, 9.17) is 5.73 Å². The number of nitrogens with zero attached hydrogens (tertiary/aromatic N) is 1. The van der Waals surface area contributed by atoms with Crippen molar-refractivity contribution in [1.82, 2.24) is 4.90 Å². The largest absolute Gasteiger partial charge is 0.326 e. The van der Waals surface area contributed by atoms with Gasteiger partial charge in [0.2, 0.25) is 0 Å². The molecule has 3 N–H and O–H groups in total. The van der Waals surface area contributed by atoms with Crippen molar-refractivity contribution in [2.45, 2.75) is 32.7 Å². The molecular formula is C15H23N3O. The van der Waals surface area contributed by atoms with E-state index < -0.39 is 0 Å². The Hall–Kier alpha value is -1.55. The molecule has 0 radical (unpaired) electrons. The van der Waals surface area contributed by atoms with E-state index in [-0.39, 0.29) is 6.03 Å². The lowest BCUT2D eigenvalue weighted by atomic mass is 10.2. The third-order valence-electron chi connectivity index (χ3n) is 3.37. The molecule has 2 amide bonds. The predicted molar refractivity (Wildman–Crippen MR) is 77.9 cm³/mol. The van der Waals surface area contributed by atoms with Gasteiger partial charge in [0.05, 0.1) is 0 Å². The number of urea groups is 1. The van der Waals surface area contributed by atoms with Crippen LogP contribution in [-0.2, 0) is 6.54 Å². The average molecular weight is 261 g/mol. The van der Waals surface area contributed by atoms with Crippen LogP contribution >= 0.6 is 0 Å². The van der Waals surface area contributed by atoms with Crippen LogP contribution in [0.2, 0.25) is 0 Å². The molecule has 0 heterocycles. The Morgan fingerprint density at radius 1 is 1.47 bits per heavy atom. The van der Waals surface area contributed by atoms with Gasteiger partial charge in [-0.1, -0.05) is 19.1 Å². The molecule has 104 valence electrons. The SMILES string of the molecule is CCCN(CC1CC1)C(=O)Nc1cccc(CN)c1. The van der Waals surface area contributed by atoms with Crippen molar-refractivity contribution < 1.29 is 4.79 Å². The third kappa shape index (κ3) is 4.24. The minimum Gasteiger partial charge on any atom is -0.326 e. The fourth-order valence-electron chi connectivity index (χ4n) is 2.14. The van der Waals surface area contributed by atoms with Gasteiger partial charge in [-0.25, -0.2) is 4.79 Å². The standard InChI is InChI=1S/C15H23N3O/c1-2-8-18(11-12-6-7-12)15(19)17-14-5-3-4-13(9-14)10-16/h3-5,9,12H,2,6-8,10-11,16H2,1H3,(H,17,19). The molecule has 1 aromatic carbocycles. The Balaban J connectivity index is 1.96. The first-order valence-corrected chi connectivity index (χ1v) is 7.08. The van der Waals surface area contributed by atoms with Crippen LogP contribution in [0.1, 0.15) is 31.7 Å². The fourth-order valence-corrected chi connectivity index (χ4v) is 2.14. The van der Waals surface area contributed by atoms with Crippen molar-refractivity contribution >= 4 is 11.7 Å². The highest BCUT2D eigenvalue weighted by atomic mass is 16.2. The second kappa shape index (κ2) is 6.57. The zero-order chi connectivity index (χ0) is 13.7. The number of hydrogen-bond acceptors (Lipinski definition) is 2. The monoisotopic (exact) mass is 261 g/mol. The van der Waals surface area contributed by atoms with Crippen LogP contribution in [0, 0.1) is 5.92 Å². The van der Waals surface area contributed by atoms with Crippen molar-refractivity contribution in [3.63, 3.8) is 0 Å². The Bertz CT molecular complexity index is 429. The van der Waals surface area contributed by atoms with Crippen LogP contribution in [0.3, 0.4) is 0 Å². The zero-order valence-corrected chi connectivity index (χ0v) is 11.6. The summed E-state index contributed by atoms with van der Waals surface area (Å²) in [6.07, 6.45) is 3.51. The van der Waals surface area contributed by atoms with Gasteiger partial charge in [0.1, 0.15) is 0 Å². The average Bonchev–Trinajstić information content (AvgIpc) is 3.22. The molecule has 19 heavy (non-hydrogen) atoms. The van der Waals surface area contributed by atoms with E-state index in [2.05, 4.69) is 12.2 Å². The topological polar surface area (TPSA) is 58.4 Å². The van der Waals surface area contributed by atoms with E-state index in [1.807, 2.05) is 29.2 Å². The van der Waals surface area contributed by atoms with Gasteiger partial charge in [0.15, 0.2) is 0 Å². The summed E-state index contributed by atoms with van der Waals surface area (Å²) in [5.74, 6) is 0.715. The van der Waals surface area contributed by atoms with Gasteiger partial charge in [0, 0.05) is 25.3 Å². The summed E-state index contributed by atoms with van der Waals surface area (Å²) >= 11 is 0. The van der Waals surface area contributed by atoms with E-state index in [0.29, 0.717) is 12.5 Å². The van der Waals surface area contributed by atoms with E-state index in [0.717, 1.165) is 30.8 Å². The zero-order valence-electron chi connectivity index (χ0n) is 11.6. The highest BCUT2D eigenvalue weighted by Crippen LogP contribution is 2.30. The Morgan fingerprint density at radius 2 is 2.26 bits per heavy atom. The molecule has 1 aliphatic carbocycles. The van der Waals surface area contributed by atoms with Crippen LogP contribution in [0.15, 0.2) is 24.3 Å². The van der Waals surface area contributed by atoms with E-state index >= 15 is 0 Å². The quantitative estimate of drug-likeness (QED) is 0.827. The molecule has 0 aliphatic heterocycles. The fraction of sp³-hybridized carbons (Fsp3) is 0.533. The van der Waals surface area contributed by atoms with Crippen molar-refractivity contribution in [2.24, 2.45) is 11.7 Å². The maximum absolute atomic E-state index is 12.2. The van der Waals surface area contributed by atoms with E-state index in [9.17, 15) is 4.79 Å². The first-order chi connectivity index (χ1) is 9.22. The summed E-state index contributed by atoms with van der Waals surface area (Å²) in [4.78, 5) is 14.2. The van der Waals surface area contributed by atoms with Crippen LogP contribution in [0.4, 0.5) is 10.5 Å². The number of benzene rings is 1. The summed E-state index contributed by atoms with van der Waals surface area (Å²) in [6.45, 7) is 4.29. The van der Waals surface area contributed by atoms with Crippen LogP contribution in [-0.4, -0.2) is 24.0 Å². The molecule has 0 unspecified atom stereocenters. The Labute approximate surface area is 115 Å². The second-order valence-electron chi connectivity index (χ2n) is 5.22. The first-order valence-electron chi connectivity index (χ1n) is 7.08. The minimum absolute atomic E-state index is 0.00271. The summed E-state index contributed by atoms with van der Waals surface area (Å²) in [7, 11) is 0. The number of amides is 2. The number of nitrogens with one attached hydrogen (secondary N) is 1. The maximum Gasteiger partial charge on any atom is 0.321 e. The molecule has 2 rings (SSSR count). The van der Waals surface area contributed by atoms with E-state index in [1.165, 1.54) is 12.8 Å².